The van der Waals surface area contributed by atoms with E-state index in [0.717, 1.165) is 13.0 Å². The van der Waals surface area contributed by atoms with Gasteiger partial charge in [0.25, 0.3) is 0 Å². The highest BCUT2D eigenvalue weighted by molar-refractivity contribution is 7.11. The Kier molecular flexibility index (Phi) is 4.50. The zero-order valence-corrected chi connectivity index (χ0v) is 12.8. The molecular weight excluding hydrogens is 288 g/mol. The van der Waals surface area contributed by atoms with Crippen LogP contribution in [-0.2, 0) is 4.79 Å². The van der Waals surface area contributed by atoms with Gasteiger partial charge < -0.3 is 10.6 Å². The van der Waals surface area contributed by atoms with Gasteiger partial charge in [-0.15, -0.1) is 22.7 Å². The summed E-state index contributed by atoms with van der Waals surface area (Å²) < 4.78 is 0. The first kappa shape index (κ1) is 13.8. The molecular formula is C15H18N2OS2. The largest absolute Gasteiger partial charge is 0.343 e. The van der Waals surface area contributed by atoms with E-state index >= 15 is 0 Å². The number of amides is 1. The van der Waals surface area contributed by atoms with Crippen LogP contribution in [0.4, 0.5) is 0 Å². The van der Waals surface area contributed by atoms with Crippen molar-refractivity contribution >= 4 is 28.6 Å². The molecule has 3 heterocycles. The van der Waals surface area contributed by atoms with Gasteiger partial charge in [-0.2, -0.15) is 0 Å². The minimum absolute atomic E-state index is 0.00361. The summed E-state index contributed by atoms with van der Waals surface area (Å²) in [5.41, 5.74) is 0. The standard InChI is InChI=1S/C15H18N2OS2/c18-14(10-11-4-1-7-16-11)17-15(12-5-2-8-19-12)13-6-3-9-20-13/h2-3,5-6,8-9,11,15-16H,1,4,7,10H2,(H,17,18). The molecule has 1 aliphatic heterocycles. The van der Waals surface area contributed by atoms with Crippen LogP contribution in [0.25, 0.3) is 0 Å². The van der Waals surface area contributed by atoms with Gasteiger partial charge in [0, 0.05) is 22.2 Å². The predicted molar refractivity (Wildman–Crippen MR) is 84.3 cm³/mol. The summed E-state index contributed by atoms with van der Waals surface area (Å²) in [5, 5.41) is 10.7. The van der Waals surface area contributed by atoms with Gasteiger partial charge >= 0.3 is 0 Å². The second-order valence-electron chi connectivity index (χ2n) is 5.03. The number of carbonyl (C=O) groups excluding carboxylic acids is 1. The zero-order chi connectivity index (χ0) is 13.8. The lowest BCUT2D eigenvalue weighted by Crippen LogP contribution is -2.34. The highest BCUT2D eigenvalue weighted by Crippen LogP contribution is 2.29. The molecule has 0 spiro atoms. The second-order valence-corrected chi connectivity index (χ2v) is 6.99. The van der Waals surface area contributed by atoms with Crippen molar-refractivity contribution in [1.82, 2.24) is 10.6 Å². The van der Waals surface area contributed by atoms with Gasteiger partial charge in [-0.25, -0.2) is 0 Å². The number of rotatable bonds is 5. The molecule has 3 rings (SSSR count). The minimum Gasteiger partial charge on any atom is -0.343 e. The topological polar surface area (TPSA) is 41.1 Å². The van der Waals surface area contributed by atoms with E-state index in [1.807, 2.05) is 12.1 Å². The number of nitrogens with one attached hydrogen (secondary N) is 2. The molecule has 1 aliphatic rings. The van der Waals surface area contributed by atoms with Gasteiger partial charge in [0.2, 0.25) is 5.91 Å². The molecule has 3 nitrogen and oxygen atoms in total. The van der Waals surface area contributed by atoms with E-state index in [1.54, 1.807) is 22.7 Å². The van der Waals surface area contributed by atoms with Crippen LogP contribution in [0.15, 0.2) is 35.0 Å². The average Bonchev–Trinajstić information content (AvgIpc) is 3.18. The first-order valence-electron chi connectivity index (χ1n) is 6.92. The van der Waals surface area contributed by atoms with Crippen molar-refractivity contribution < 1.29 is 4.79 Å². The Bertz CT molecular complexity index is 496. The molecule has 0 aliphatic carbocycles. The Hall–Kier alpha value is -1.17. The van der Waals surface area contributed by atoms with Crippen LogP contribution < -0.4 is 10.6 Å². The summed E-state index contributed by atoms with van der Waals surface area (Å²) in [4.78, 5) is 14.6. The lowest BCUT2D eigenvalue weighted by Gasteiger charge is -2.18. The Balaban J connectivity index is 1.68. The average molecular weight is 306 g/mol. The molecule has 0 bridgehead atoms. The first-order chi connectivity index (χ1) is 9.83. The zero-order valence-electron chi connectivity index (χ0n) is 11.2. The molecule has 1 unspecified atom stereocenters. The van der Waals surface area contributed by atoms with Crippen molar-refractivity contribution in [2.24, 2.45) is 0 Å². The summed E-state index contributed by atoms with van der Waals surface area (Å²) in [6, 6.07) is 8.59. The monoisotopic (exact) mass is 306 g/mol. The summed E-state index contributed by atoms with van der Waals surface area (Å²) in [7, 11) is 0. The highest BCUT2D eigenvalue weighted by Gasteiger charge is 2.22. The van der Waals surface area contributed by atoms with Crippen LogP contribution in [0.2, 0.25) is 0 Å². The third-order valence-electron chi connectivity index (χ3n) is 3.55. The number of thiophene rings is 2. The second kappa shape index (κ2) is 6.52. The van der Waals surface area contributed by atoms with Gasteiger partial charge in [0.15, 0.2) is 0 Å². The minimum atomic E-state index is 0.00361. The first-order valence-corrected chi connectivity index (χ1v) is 8.68. The molecule has 2 N–H and O–H groups in total. The van der Waals surface area contributed by atoms with E-state index in [4.69, 9.17) is 0 Å². The maximum Gasteiger partial charge on any atom is 0.222 e. The predicted octanol–water partition coefficient (Wildman–Crippen LogP) is 3.16. The van der Waals surface area contributed by atoms with E-state index in [2.05, 4.69) is 33.5 Å². The Morgan fingerprint density at radius 3 is 2.50 bits per heavy atom. The maximum atomic E-state index is 12.3. The number of hydrogen-bond acceptors (Lipinski definition) is 4. The van der Waals surface area contributed by atoms with Gasteiger partial charge in [-0.05, 0) is 42.3 Å². The van der Waals surface area contributed by atoms with Gasteiger partial charge in [-0.1, -0.05) is 12.1 Å². The van der Waals surface area contributed by atoms with E-state index in [-0.39, 0.29) is 11.9 Å². The van der Waals surface area contributed by atoms with Crippen molar-refractivity contribution in [1.29, 1.82) is 0 Å². The van der Waals surface area contributed by atoms with E-state index < -0.39 is 0 Å². The molecule has 1 atom stereocenters. The molecule has 2 aromatic rings. The Labute approximate surface area is 127 Å². The molecule has 1 saturated heterocycles. The van der Waals surface area contributed by atoms with E-state index in [0.29, 0.717) is 12.5 Å². The van der Waals surface area contributed by atoms with Crippen molar-refractivity contribution in [2.75, 3.05) is 6.54 Å². The van der Waals surface area contributed by atoms with Crippen molar-refractivity contribution in [2.45, 2.75) is 31.3 Å². The van der Waals surface area contributed by atoms with Gasteiger partial charge in [-0.3, -0.25) is 4.79 Å². The number of hydrogen-bond donors (Lipinski definition) is 2. The highest BCUT2D eigenvalue weighted by atomic mass is 32.1. The van der Waals surface area contributed by atoms with E-state index in [9.17, 15) is 4.79 Å². The molecule has 5 heteroatoms. The molecule has 1 amide bonds. The quantitative estimate of drug-likeness (QED) is 0.891. The van der Waals surface area contributed by atoms with Gasteiger partial charge in [0.1, 0.15) is 0 Å². The van der Waals surface area contributed by atoms with Crippen LogP contribution >= 0.6 is 22.7 Å². The summed E-state index contributed by atoms with van der Waals surface area (Å²) in [5.74, 6) is 0.135. The molecule has 106 valence electrons. The summed E-state index contributed by atoms with van der Waals surface area (Å²) in [6.07, 6.45) is 2.86. The van der Waals surface area contributed by atoms with Gasteiger partial charge in [0.05, 0.1) is 6.04 Å². The number of carbonyl (C=O) groups is 1. The molecule has 1 fully saturated rings. The Morgan fingerprint density at radius 2 is 2.00 bits per heavy atom. The molecule has 0 radical (unpaired) electrons. The smallest absolute Gasteiger partial charge is 0.222 e. The van der Waals surface area contributed by atoms with Crippen LogP contribution in [0, 0.1) is 0 Å². The lowest BCUT2D eigenvalue weighted by molar-refractivity contribution is -0.122. The van der Waals surface area contributed by atoms with Crippen molar-refractivity contribution in [3.63, 3.8) is 0 Å². The molecule has 0 aromatic carbocycles. The lowest BCUT2D eigenvalue weighted by atomic mass is 10.1. The fraction of sp³-hybridized carbons (Fsp3) is 0.400. The van der Waals surface area contributed by atoms with E-state index in [1.165, 1.54) is 16.2 Å². The SMILES string of the molecule is O=C(CC1CCCN1)NC(c1cccs1)c1cccs1. The van der Waals surface area contributed by atoms with Crippen LogP contribution in [0.1, 0.15) is 35.1 Å². The summed E-state index contributed by atoms with van der Waals surface area (Å²) in [6.45, 7) is 1.04. The normalized spacial score (nSPS) is 18.6. The Morgan fingerprint density at radius 1 is 1.30 bits per heavy atom. The maximum absolute atomic E-state index is 12.3. The fourth-order valence-corrected chi connectivity index (χ4v) is 4.23. The molecule has 20 heavy (non-hydrogen) atoms. The summed E-state index contributed by atoms with van der Waals surface area (Å²) >= 11 is 3.38. The van der Waals surface area contributed by atoms with Crippen molar-refractivity contribution in [3.05, 3.63) is 44.8 Å². The third kappa shape index (κ3) is 3.29. The molecule has 2 aromatic heterocycles. The van der Waals surface area contributed by atoms with Crippen LogP contribution in [0.5, 0.6) is 0 Å². The third-order valence-corrected chi connectivity index (χ3v) is 5.43. The van der Waals surface area contributed by atoms with Crippen LogP contribution in [0.3, 0.4) is 0 Å². The fourth-order valence-electron chi connectivity index (χ4n) is 2.57. The van der Waals surface area contributed by atoms with Crippen molar-refractivity contribution in [3.8, 4) is 0 Å². The van der Waals surface area contributed by atoms with Crippen LogP contribution in [-0.4, -0.2) is 18.5 Å². The molecule has 0 saturated carbocycles.